The van der Waals surface area contributed by atoms with Crippen molar-refractivity contribution in [3.8, 4) is 0 Å². The summed E-state index contributed by atoms with van der Waals surface area (Å²) < 4.78 is 6.39. The zero-order valence-electron chi connectivity index (χ0n) is 14.1. The lowest BCUT2D eigenvalue weighted by Gasteiger charge is -2.49. The minimum absolute atomic E-state index is 0.107. The average molecular weight is 281 g/mol. The molecular weight excluding hydrogens is 246 g/mol. The number of likely N-dealkylation sites (N-methyl/N-ethyl adjacent to an activating group) is 1. The van der Waals surface area contributed by atoms with E-state index in [4.69, 9.17) is 4.74 Å². The third kappa shape index (κ3) is 3.76. The lowest BCUT2D eigenvalue weighted by atomic mass is 9.66. The minimum Gasteiger partial charge on any atom is -0.374 e. The molecule has 2 aliphatic rings. The summed E-state index contributed by atoms with van der Waals surface area (Å²) in [6, 6.07) is 0.564. The second-order valence-corrected chi connectivity index (χ2v) is 7.80. The van der Waals surface area contributed by atoms with Crippen molar-refractivity contribution in [2.45, 2.75) is 90.7 Å². The van der Waals surface area contributed by atoms with Gasteiger partial charge in [-0.2, -0.15) is 0 Å². The van der Waals surface area contributed by atoms with Crippen molar-refractivity contribution in [3.05, 3.63) is 0 Å². The summed E-state index contributed by atoms with van der Waals surface area (Å²) in [5.74, 6) is 0.950. The van der Waals surface area contributed by atoms with E-state index in [0.717, 1.165) is 19.1 Å². The highest BCUT2D eigenvalue weighted by molar-refractivity contribution is 5.00. The number of rotatable bonds is 7. The van der Waals surface area contributed by atoms with E-state index >= 15 is 0 Å². The molecule has 0 spiro atoms. The molecule has 0 aliphatic heterocycles. The zero-order chi connectivity index (χ0) is 14.6. The largest absolute Gasteiger partial charge is 0.374 e. The first-order valence-corrected chi connectivity index (χ1v) is 8.89. The van der Waals surface area contributed by atoms with E-state index < -0.39 is 0 Å². The maximum atomic E-state index is 6.39. The van der Waals surface area contributed by atoms with Gasteiger partial charge in [-0.15, -0.1) is 0 Å². The maximum absolute atomic E-state index is 6.39. The standard InChI is InChI=1S/C18H35NO/c1-5-19-16(14-15-8-7-9-15)18(20-6-2)12-10-17(3,4)11-13-18/h15-16,19H,5-14H2,1-4H3. The summed E-state index contributed by atoms with van der Waals surface area (Å²) >= 11 is 0. The Hall–Kier alpha value is -0.0800. The Morgan fingerprint density at radius 1 is 1.10 bits per heavy atom. The van der Waals surface area contributed by atoms with Crippen molar-refractivity contribution < 1.29 is 4.74 Å². The molecule has 2 fully saturated rings. The Labute approximate surface area is 126 Å². The van der Waals surface area contributed by atoms with Crippen LogP contribution in [0.25, 0.3) is 0 Å². The molecule has 2 aliphatic carbocycles. The fourth-order valence-electron chi connectivity index (χ4n) is 4.02. The molecule has 0 heterocycles. The van der Waals surface area contributed by atoms with Gasteiger partial charge in [-0.05, 0) is 56.9 Å². The van der Waals surface area contributed by atoms with Gasteiger partial charge in [-0.25, -0.2) is 0 Å². The monoisotopic (exact) mass is 281 g/mol. The van der Waals surface area contributed by atoms with Crippen molar-refractivity contribution >= 4 is 0 Å². The van der Waals surface area contributed by atoms with Gasteiger partial charge in [-0.3, -0.25) is 0 Å². The van der Waals surface area contributed by atoms with Crippen LogP contribution in [0, 0.1) is 11.3 Å². The number of nitrogens with one attached hydrogen (secondary N) is 1. The quantitative estimate of drug-likeness (QED) is 0.740. The van der Waals surface area contributed by atoms with Crippen LogP contribution in [0.5, 0.6) is 0 Å². The Morgan fingerprint density at radius 3 is 2.20 bits per heavy atom. The fourth-order valence-corrected chi connectivity index (χ4v) is 4.02. The molecule has 0 bridgehead atoms. The van der Waals surface area contributed by atoms with Gasteiger partial charge in [0.05, 0.1) is 5.60 Å². The van der Waals surface area contributed by atoms with Crippen LogP contribution >= 0.6 is 0 Å². The Morgan fingerprint density at radius 2 is 1.75 bits per heavy atom. The van der Waals surface area contributed by atoms with Crippen molar-refractivity contribution in [1.29, 1.82) is 0 Å². The first kappa shape index (κ1) is 16.3. The van der Waals surface area contributed by atoms with Gasteiger partial charge >= 0.3 is 0 Å². The predicted octanol–water partition coefficient (Wildman–Crippen LogP) is 4.53. The predicted molar refractivity (Wildman–Crippen MR) is 86.0 cm³/mol. The van der Waals surface area contributed by atoms with E-state index in [2.05, 4.69) is 33.0 Å². The third-order valence-electron chi connectivity index (χ3n) is 5.76. The lowest BCUT2D eigenvalue weighted by molar-refractivity contribution is -0.111. The van der Waals surface area contributed by atoms with E-state index in [0.29, 0.717) is 11.5 Å². The van der Waals surface area contributed by atoms with Crippen LogP contribution in [0.2, 0.25) is 0 Å². The van der Waals surface area contributed by atoms with E-state index in [9.17, 15) is 0 Å². The van der Waals surface area contributed by atoms with E-state index in [-0.39, 0.29) is 5.60 Å². The summed E-state index contributed by atoms with van der Waals surface area (Å²) in [5.41, 5.74) is 0.615. The summed E-state index contributed by atoms with van der Waals surface area (Å²) in [5, 5.41) is 3.78. The van der Waals surface area contributed by atoms with Crippen LogP contribution in [-0.4, -0.2) is 24.8 Å². The second-order valence-electron chi connectivity index (χ2n) is 7.80. The molecule has 0 aromatic rings. The van der Waals surface area contributed by atoms with Gasteiger partial charge in [-0.1, -0.05) is 40.0 Å². The van der Waals surface area contributed by atoms with Gasteiger partial charge in [0.25, 0.3) is 0 Å². The summed E-state index contributed by atoms with van der Waals surface area (Å²) in [6.07, 6.45) is 10.7. The van der Waals surface area contributed by atoms with Crippen LogP contribution in [0.3, 0.4) is 0 Å². The molecule has 2 nitrogen and oxygen atoms in total. The molecule has 2 rings (SSSR count). The molecule has 1 unspecified atom stereocenters. The van der Waals surface area contributed by atoms with E-state index in [1.807, 2.05) is 0 Å². The van der Waals surface area contributed by atoms with Gasteiger partial charge < -0.3 is 10.1 Å². The zero-order valence-corrected chi connectivity index (χ0v) is 14.1. The Balaban J connectivity index is 2.06. The molecule has 0 radical (unpaired) electrons. The highest BCUT2D eigenvalue weighted by atomic mass is 16.5. The maximum Gasteiger partial charge on any atom is 0.0835 e. The first-order chi connectivity index (χ1) is 9.51. The molecule has 1 N–H and O–H groups in total. The molecule has 2 heteroatoms. The summed E-state index contributed by atoms with van der Waals surface area (Å²) in [7, 11) is 0. The number of ether oxygens (including phenoxy) is 1. The highest BCUT2D eigenvalue weighted by Crippen LogP contribution is 2.45. The molecule has 0 amide bonds. The number of hydrogen-bond donors (Lipinski definition) is 1. The van der Waals surface area contributed by atoms with Crippen molar-refractivity contribution in [1.82, 2.24) is 5.32 Å². The van der Waals surface area contributed by atoms with Crippen LogP contribution < -0.4 is 5.32 Å². The van der Waals surface area contributed by atoms with Crippen LogP contribution in [0.4, 0.5) is 0 Å². The molecule has 2 saturated carbocycles. The fraction of sp³-hybridized carbons (Fsp3) is 1.00. The molecule has 118 valence electrons. The molecule has 20 heavy (non-hydrogen) atoms. The van der Waals surface area contributed by atoms with E-state index in [1.54, 1.807) is 0 Å². The average Bonchev–Trinajstić information content (AvgIpc) is 2.35. The van der Waals surface area contributed by atoms with Gasteiger partial charge in [0.1, 0.15) is 0 Å². The third-order valence-corrected chi connectivity index (χ3v) is 5.76. The molecule has 1 atom stereocenters. The van der Waals surface area contributed by atoms with Gasteiger partial charge in [0.2, 0.25) is 0 Å². The SMILES string of the molecule is CCNC(CC1CCC1)C1(OCC)CCC(C)(C)CC1. The smallest absolute Gasteiger partial charge is 0.0835 e. The van der Waals surface area contributed by atoms with Crippen molar-refractivity contribution in [2.75, 3.05) is 13.2 Å². The summed E-state index contributed by atoms with van der Waals surface area (Å²) in [4.78, 5) is 0. The Kier molecular flexibility index (Phi) is 5.53. The molecular formula is C18H35NO. The van der Waals surface area contributed by atoms with Gasteiger partial charge in [0, 0.05) is 12.6 Å². The molecule has 0 aromatic carbocycles. The van der Waals surface area contributed by atoms with E-state index in [1.165, 1.54) is 51.4 Å². The minimum atomic E-state index is 0.107. The normalized spacial score (nSPS) is 27.0. The number of hydrogen-bond acceptors (Lipinski definition) is 2. The first-order valence-electron chi connectivity index (χ1n) is 8.89. The van der Waals surface area contributed by atoms with Crippen LogP contribution in [0.1, 0.15) is 79.1 Å². The van der Waals surface area contributed by atoms with Crippen molar-refractivity contribution in [2.24, 2.45) is 11.3 Å². The van der Waals surface area contributed by atoms with Gasteiger partial charge in [0.15, 0.2) is 0 Å². The Bertz CT molecular complexity index is 286. The summed E-state index contributed by atoms with van der Waals surface area (Å²) in [6.45, 7) is 11.1. The van der Waals surface area contributed by atoms with Crippen LogP contribution in [-0.2, 0) is 4.74 Å². The highest BCUT2D eigenvalue weighted by Gasteiger charge is 2.45. The van der Waals surface area contributed by atoms with Crippen molar-refractivity contribution in [3.63, 3.8) is 0 Å². The topological polar surface area (TPSA) is 21.3 Å². The molecule has 0 saturated heterocycles. The lowest BCUT2D eigenvalue weighted by Crippen LogP contribution is -2.56. The second kappa shape index (κ2) is 6.79. The van der Waals surface area contributed by atoms with Crippen LogP contribution in [0.15, 0.2) is 0 Å². The molecule has 0 aromatic heterocycles.